The van der Waals surface area contributed by atoms with E-state index in [2.05, 4.69) is 10.6 Å². The second kappa shape index (κ2) is 9.15. The van der Waals surface area contributed by atoms with Crippen molar-refractivity contribution in [2.24, 2.45) is 0 Å². The van der Waals surface area contributed by atoms with Gasteiger partial charge in [-0.3, -0.25) is 9.59 Å². The summed E-state index contributed by atoms with van der Waals surface area (Å²) in [6, 6.07) is 3.22. The Hall–Kier alpha value is -2.44. The van der Waals surface area contributed by atoms with Crippen molar-refractivity contribution in [3.8, 4) is 17.2 Å². The molecule has 0 radical (unpaired) electrons. The van der Waals surface area contributed by atoms with Crippen molar-refractivity contribution >= 4 is 11.8 Å². The first-order valence-electron chi connectivity index (χ1n) is 8.45. The van der Waals surface area contributed by atoms with Gasteiger partial charge in [0.15, 0.2) is 11.5 Å². The number of hydrogen-bond donors (Lipinski definition) is 2. The Balaban J connectivity index is 1.98. The lowest BCUT2D eigenvalue weighted by molar-refractivity contribution is -0.128. The third-order valence-electron chi connectivity index (χ3n) is 4.24. The van der Waals surface area contributed by atoms with E-state index >= 15 is 0 Å². The summed E-state index contributed by atoms with van der Waals surface area (Å²) in [5.41, 5.74) is 0.898. The summed E-state index contributed by atoms with van der Waals surface area (Å²) >= 11 is 0. The smallest absolute Gasteiger partial charge is 0.242 e. The van der Waals surface area contributed by atoms with Gasteiger partial charge in [0.2, 0.25) is 17.6 Å². The van der Waals surface area contributed by atoms with E-state index in [-0.39, 0.29) is 18.2 Å². The Kier molecular flexibility index (Phi) is 6.91. The van der Waals surface area contributed by atoms with E-state index in [0.717, 1.165) is 18.4 Å². The fourth-order valence-corrected chi connectivity index (χ4v) is 2.88. The van der Waals surface area contributed by atoms with Gasteiger partial charge >= 0.3 is 0 Å². The van der Waals surface area contributed by atoms with Gasteiger partial charge in [-0.05, 0) is 43.4 Å². The van der Waals surface area contributed by atoms with Crippen LogP contribution in [0.2, 0.25) is 0 Å². The average Bonchev–Trinajstić information content (AvgIpc) is 2.83. The first-order valence-corrected chi connectivity index (χ1v) is 8.45. The molecule has 1 aromatic rings. The molecule has 7 nitrogen and oxygen atoms in total. The highest BCUT2D eigenvalue weighted by atomic mass is 16.5. The van der Waals surface area contributed by atoms with Crippen molar-refractivity contribution in [2.45, 2.75) is 38.1 Å². The molecular weight excluding hydrogens is 324 g/mol. The normalized spacial score (nSPS) is 17.2. The molecule has 2 rings (SSSR count). The van der Waals surface area contributed by atoms with Crippen LogP contribution in [0.1, 0.15) is 31.2 Å². The number of amides is 2. The highest BCUT2D eigenvalue weighted by Gasteiger charge is 2.22. The Morgan fingerprint density at radius 3 is 2.44 bits per heavy atom. The van der Waals surface area contributed by atoms with Crippen LogP contribution in [0, 0.1) is 0 Å². The minimum Gasteiger partial charge on any atom is -0.493 e. The van der Waals surface area contributed by atoms with E-state index in [9.17, 15) is 9.59 Å². The van der Waals surface area contributed by atoms with Gasteiger partial charge in [0.05, 0.1) is 21.3 Å². The molecule has 0 bridgehead atoms. The summed E-state index contributed by atoms with van der Waals surface area (Å²) in [6.45, 7) is 0.677. The number of carbonyl (C=O) groups is 2. The number of methoxy groups -OCH3 is 3. The lowest BCUT2D eigenvalue weighted by atomic mass is 10.1. The molecule has 138 valence electrons. The second-order valence-electron chi connectivity index (χ2n) is 5.94. The van der Waals surface area contributed by atoms with Gasteiger partial charge in [0.25, 0.3) is 0 Å². The number of carbonyl (C=O) groups excluding carboxylic acids is 2. The van der Waals surface area contributed by atoms with E-state index in [1.165, 1.54) is 0 Å². The maximum atomic E-state index is 12.2. The van der Waals surface area contributed by atoms with E-state index in [4.69, 9.17) is 14.2 Å². The van der Waals surface area contributed by atoms with E-state index in [0.29, 0.717) is 36.6 Å². The van der Waals surface area contributed by atoms with Crippen LogP contribution in [0.4, 0.5) is 0 Å². The molecule has 0 unspecified atom stereocenters. The van der Waals surface area contributed by atoms with Crippen LogP contribution < -0.4 is 24.8 Å². The maximum Gasteiger partial charge on any atom is 0.242 e. The number of ether oxygens (including phenoxy) is 3. The number of nitrogens with one attached hydrogen (secondary N) is 2. The first-order chi connectivity index (χ1) is 12.1. The fraction of sp³-hybridized carbons (Fsp3) is 0.556. The summed E-state index contributed by atoms with van der Waals surface area (Å²) in [7, 11) is 4.65. The predicted molar refractivity (Wildman–Crippen MR) is 93.2 cm³/mol. The first kappa shape index (κ1) is 18.9. The monoisotopic (exact) mass is 350 g/mol. The second-order valence-corrected chi connectivity index (χ2v) is 5.94. The zero-order valence-electron chi connectivity index (χ0n) is 15.0. The Morgan fingerprint density at radius 2 is 1.84 bits per heavy atom. The third kappa shape index (κ3) is 5.01. The molecule has 25 heavy (non-hydrogen) atoms. The van der Waals surface area contributed by atoms with Crippen LogP contribution in [-0.4, -0.2) is 45.7 Å². The lowest BCUT2D eigenvalue weighted by Crippen LogP contribution is -2.45. The van der Waals surface area contributed by atoms with Crippen LogP contribution >= 0.6 is 0 Å². The lowest BCUT2D eigenvalue weighted by Gasteiger charge is -2.16. The molecule has 0 aliphatic carbocycles. The van der Waals surface area contributed by atoms with Gasteiger partial charge < -0.3 is 24.8 Å². The molecule has 0 saturated carbocycles. The number of benzene rings is 1. The summed E-state index contributed by atoms with van der Waals surface area (Å²) in [4.78, 5) is 24.1. The summed E-state index contributed by atoms with van der Waals surface area (Å²) in [5.74, 6) is 1.39. The molecule has 7 heteroatoms. The summed E-state index contributed by atoms with van der Waals surface area (Å²) in [6.07, 6.45) is 3.35. The molecule has 0 aromatic heterocycles. The highest BCUT2D eigenvalue weighted by molar-refractivity contribution is 5.87. The predicted octanol–water partition coefficient (Wildman–Crippen LogP) is 1.43. The zero-order chi connectivity index (χ0) is 18.2. The average molecular weight is 350 g/mol. The topological polar surface area (TPSA) is 85.9 Å². The molecule has 1 saturated heterocycles. The minimum atomic E-state index is -0.435. The third-order valence-corrected chi connectivity index (χ3v) is 4.24. The van der Waals surface area contributed by atoms with Gasteiger partial charge in [-0.2, -0.15) is 0 Å². The van der Waals surface area contributed by atoms with Gasteiger partial charge in [-0.15, -0.1) is 0 Å². The van der Waals surface area contributed by atoms with Crippen molar-refractivity contribution in [2.75, 3.05) is 27.9 Å². The van der Waals surface area contributed by atoms with Crippen LogP contribution in [0.25, 0.3) is 0 Å². The van der Waals surface area contributed by atoms with Crippen LogP contribution in [0.5, 0.6) is 17.2 Å². The molecule has 2 amide bonds. The van der Waals surface area contributed by atoms with Gasteiger partial charge in [-0.1, -0.05) is 0 Å². The van der Waals surface area contributed by atoms with E-state index in [1.807, 2.05) is 12.1 Å². The Bertz CT molecular complexity index is 592. The van der Waals surface area contributed by atoms with Crippen molar-refractivity contribution in [3.63, 3.8) is 0 Å². The van der Waals surface area contributed by atoms with E-state index < -0.39 is 6.04 Å². The van der Waals surface area contributed by atoms with Crippen molar-refractivity contribution in [1.29, 1.82) is 0 Å². The van der Waals surface area contributed by atoms with Crippen LogP contribution in [0.15, 0.2) is 12.1 Å². The van der Waals surface area contributed by atoms with Crippen molar-refractivity contribution in [3.05, 3.63) is 17.7 Å². The maximum absolute atomic E-state index is 12.2. The minimum absolute atomic E-state index is 0.0985. The molecule has 1 aliphatic rings. The molecular formula is C18H26N2O5. The standard InChI is InChI=1S/C18H26N2O5/c1-23-14-10-12(11-15(24-2)17(14)25-3)7-8-16(21)20-13-6-4-5-9-19-18(13)22/h10-11,13H,4-9H2,1-3H3,(H,19,22)(H,20,21)/t13-/m0/s1. The molecule has 1 fully saturated rings. The zero-order valence-corrected chi connectivity index (χ0v) is 15.0. The largest absolute Gasteiger partial charge is 0.493 e. The number of rotatable bonds is 7. The molecule has 0 spiro atoms. The van der Waals surface area contributed by atoms with Gasteiger partial charge in [0, 0.05) is 13.0 Å². The van der Waals surface area contributed by atoms with Crippen LogP contribution in [0.3, 0.4) is 0 Å². The van der Waals surface area contributed by atoms with E-state index in [1.54, 1.807) is 21.3 Å². The summed E-state index contributed by atoms with van der Waals surface area (Å²) < 4.78 is 15.9. The molecule has 1 aliphatic heterocycles. The van der Waals surface area contributed by atoms with Crippen molar-refractivity contribution in [1.82, 2.24) is 10.6 Å². The summed E-state index contributed by atoms with van der Waals surface area (Å²) in [5, 5.41) is 5.64. The quantitative estimate of drug-likeness (QED) is 0.777. The molecule has 2 N–H and O–H groups in total. The molecule has 1 heterocycles. The SMILES string of the molecule is COc1cc(CCC(=O)N[C@H]2CCCCNC2=O)cc(OC)c1OC. The number of aryl methyl sites for hydroxylation is 1. The molecule has 1 atom stereocenters. The molecule has 1 aromatic carbocycles. The van der Waals surface area contributed by atoms with Gasteiger partial charge in [-0.25, -0.2) is 0 Å². The number of hydrogen-bond acceptors (Lipinski definition) is 5. The van der Waals surface area contributed by atoms with Crippen molar-refractivity contribution < 1.29 is 23.8 Å². The fourth-order valence-electron chi connectivity index (χ4n) is 2.88. The highest BCUT2D eigenvalue weighted by Crippen LogP contribution is 2.38. The Labute approximate surface area is 148 Å². The Morgan fingerprint density at radius 1 is 1.16 bits per heavy atom. The van der Waals surface area contributed by atoms with Gasteiger partial charge in [0.1, 0.15) is 6.04 Å². The van der Waals surface area contributed by atoms with Crippen LogP contribution in [-0.2, 0) is 16.0 Å².